The first-order valence-electron chi connectivity index (χ1n) is 5.64. The summed E-state index contributed by atoms with van der Waals surface area (Å²) in [5, 5.41) is 1.53. The van der Waals surface area contributed by atoms with Crippen molar-refractivity contribution >= 4 is 39.9 Å². The molecule has 5 nitrogen and oxygen atoms in total. The number of ether oxygens (including phenoxy) is 1. The maximum absolute atomic E-state index is 6.12. The quantitative estimate of drug-likeness (QED) is 0.781. The van der Waals surface area contributed by atoms with E-state index in [0.717, 1.165) is 5.39 Å². The summed E-state index contributed by atoms with van der Waals surface area (Å²) in [7, 11) is 0. The second-order valence-electron chi connectivity index (χ2n) is 3.93. The molecule has 0 fully saturated rings. The minimum atomic E-state index is 0.155. The average molecular weight is 307 g/mol. The van der Waals surface area contributed by atoms with Crippen LogP contribution >= 0.6 is 23.2 Å². The number of halogens is 2. The number of hydrogen-bond acceptors (Lipinski definition) is 5. The zero-order valence-corrected chi connectivity index (χ0v) is 11.6. The Labute approximate surface area is 124 Å². The molecule has 0 aliphatic rings. The molecule has 1 aromatic carbocycles. The van der Waals surface area contributed by atoms with Gasteiger partial charge in [-0.2, -0.15) is 4.98 Å². The van der Waals surface area contributed by atoms with E-state index in [9.17, 15) is 0 Å². The average Bonchev–Trinajstić information content (AvgIpc) is 2.47. The molecule has 7 heteroatoms. The first kappa shape index (κ1) is 12.9. The number of fused-ring (bicyclic) bond motifs is 1. The fraction of sp³-hybridized carbons (Fsp3) is 0. The van der Waals surface area contributed by atoms with Gasteiger partial charge in [0.05, 0.1) is 5.02 Å². The molecule has 2 aromatic heterocycles. The van der Waals surface area contributed by atoms with Gasteiger partial charge in [0.25, 0.3) is 0 Å². The van der Waals surface area contributed by atoms with Crippen molar-refractivity contribution in [3.63, 3.8) is 0 Å². The smallest absolute Gasteiger partial charge is 0.243 e. The van der Waals surface area contributed by atoms with Gasteiger partial charge in [0.2, 0.25) is 5.88 Å². The molecule has 20 heavy (non-hydrogen) atoms. The predicted molar refractivity (Wildman–Crippen MR) is 78.3 cm³/mol. The fourth-order valence-corrected chi connectivity index (χ4v) is 2.09. The Hall–Kier alpha value is -2.11. The van der Waals surface area contributed by atoms with Crippen molar-refractivity contribution in [2.75, 3.05) is 5.73 Å². The van der Waals surface area contributed by atoms with Gasteiger partial charge in [-0.3, -0.25) is 4.98 Å². The molecule has 0 aliphatic carbocycles. The van der Waals surface area contributed by atoms with Crippen molar-refractivity contribution in [3.8, 4) is 11.6 Å². The number of rotatable bonds is 2. The summed E-state index contributed by atoms with van der Waals surface area (Å²) in [6.07, 6.45) is 2.93. The van der Waals surface area contributed by atoms with Crippen molar-refractivity contribution in [3.05, 3.63) is 46.8 Å². The number of pyridine rings is 1. The molecule has 3 rings (SSSR count). The third kappa shape index (κ3) is 2.21. The number of aromatic nitrogens is 3. The van der Waals surface area contributed by atoms with Crippen molar-refractivity contribution in [2.24, 2.45) is 0 Å². The zero-order chi connectivity index (χ0) is 14.1. The normalized spacial score (nSPS) is 10.7. The van der Waals surface area contributed by atoms with E-state index in [1.165, 1.54) is 6.33 Å². The minimum Gasteiger partial charge on any atom is -0.435 e. The first-order valence-corrected chi connectivity index (χ1v) is 6.39. The van der Waals surface area contributed by atoms with Gasteiger partial charge in [-0.05, 0) is 24.3 Å². The molecule has 0 aliphatic heterocycles. The van der Waals surface area contributed by atoms with Crippen molar-refractivity contribution < 1.29 is 4.74 Å². The van der Waals surface area contributed by atoms with Crippen LogP contribution in [0.3, 0.4) is 0 Å². The van der Waals surface area contributed by atoms with Crippen LogP contribution in [-0.4, -0.2) is 15.0 Å². The Bertz CT molecular complexity index is 794. The Morgan fingerprint density at radius 1 is 1.05 bits per heavy atom. The SMILES string of the molecule is Nc1ncnc(Oc2ccc(Cl)c3cccnc23)c1Cl. The van der Waals surface area contributed by atoms with Crippen molar-refractivity contribution in [2.45, 2.75) is 0 Å². The number of nitrogens with two attached hydrogens (primary N) is 1. The Kier molecular flexibility index (Phi) is 3.30. The lowest BCUT2D eigenvalue weighted by atomic mass is 10.2. The molecule has 0 radical (unpaired) electrons. The summed E-state index contributed by atoms with van der Waals surface area (Å²) in [5.41, 5.74) is 6.23. The summed E-state index contributed by atoms with van der Waals surface area (Å²) in [6, 6.07) is 7.08. The molecule has 2 N–H and O–H groups in total. The van der Waals surface area contributed by atoms with Gasteiger partial charge < -0.3 is 10.5 Å². The van der Waals surface area contributed by atoms with E-state index in [1.807, 2.05) is 6.07 Å². The Morgan fingerprint density at radius 3 is 2.75 bits per heavy atom. The van der Waals surface area contributed by atoms with Crippen LogP contribution in [0, 0.1) is 0 Å². The van der Waals surface area contributed by atoms with Gasteiger partial charge in [0.1, 0.15) is 22.7 Å². The standard InChI is InChI=1S/C13H8Cl2N4O/c14-8-3-4-9(11-7(8)2-1-5-17-11)20-13-10(15)12(16)18-6-19-13/h1-6H,(H2,16,18,19). The zero-order valence-electron chi connectivity index (χ0n) is 10.0. The predicted octanol–water partition coefficient (Wildman–Crippen LogP) is 3.71. The van der Waals surface area contributed by atoms with Gasteiger partial charge in [0, 0.05) is 11.6 Å². The molecule has 0 amide bonds. The molecule has 0 unspecified atom stereocenters. The highest BCUT2D eigenvalue weighted by Gasteiger charge is 2.12. The second-order valence-corrected chi connectivity index (χ2v) is 4.71. The number of hydrogen-bond donors (Lipinski definition) is 1. The monoisotopic (exact) mass is 306 g/mol. The molecular weight excluding hydrogens is 299 g/mol. The number of nitrogens with zero attached hydrogens (tertiary/aromatic N) is 3. The maximum atomic E-state index is 6.12. The maximum Gasteiger partial charge on any atom is 0.243 e. The van der Waals surface area contributed by atoms with Crippen LogP contribution < -0.4 is 10.5 Å². The molecule has 0 atom stereocenters. The van der Waals surface area contributed by atoms with Crippen molar-refractivity contribution in [1.29, 1.82) is 0 Å². The van der Waals surface area contributed by atoms with Crippen LogP contribution in [0.2, 0.25) is 10.0 Å². The Balaban J connectivity index is 2.12. The van der Waals surface area contributed by atoms with E-state index in [4.69, 9.17) is 33.7 Å². The lowest BCUT2D eigenvalue weighted by Crippen LogP contribution is -1.97. The number of nitrogen functional groups attached to an aromatic ring is 1. The Morgan fingerprint density at radius 2 is 1.90 bits per heavy atom. The van der Waals surface area contributed by atoms with Crippen LogP contribution in [-0.2, 0) is 0 Å². The number of anilines is 1. The molecule has 0 saturated carbocycles. The summed E-state index contributed by atoms with van der Waals surface area (Å²) >= 11 is 12.1. The van der Waals surface area contributed by atoms with Crippen LogP contribution in [0.15, 0.2) is 36.8 Å². The lowest BCUT2D eigenvalue weighted by molar-refractivity contribution is 0.466. The third-order valence-electron chi connectivity index (χ3n) is 2.67. The van der Waals surface area contributed by atoms with Gasteiger partial charge in [0.15, 0.2) is 5.75 Å². The topological polar surface area (TPSA) is 73.9 Å². The fourth-order valence-electron chi connectivity index (χ4n) is 1.74. The summed E-state index contributed by atoms with van der Waals surface area (Å²) in [6.45, 7) is 0. The summed E-state index contributed by atoms with van der Waals surface area (Å²) < 4.78 is 5.67. The van der Waals surface area contributed by atoms with E-state index in [1.54, 1.807) is 24.4 Å². The summed E-state index contributed by atoms with van der Waals surface area (Å²) in [5.74, 6) is 0.821. The van der Waals surface area contributed by atoms with Crippen LogP contribution in [0.4, 0.5) is 5.82 Å². The molecule has 0 bridgehead atoms. The van der Waals surface area contributed by atoms with E-state index >= 15 is 0 Å². The summed E-state index contributed by atoms with van der Waals surface area (Å²) in [4.78, 5) is 12.0. The molecule has 0 spiro atoms. The number of benzene rings is 1. The highest BCUT2D eigenvalue weighted by atomic mass is 35.5. The molecule has 100 valence electrons. The van der Waals surface area contributed by atoms with E-state index < -0.39 is 0 Å². The van der Waals surface area contributed by atoms with E-state index in [-0.39, 0.29) is 16.7 Å². The largest absolute Gasteiger partial charge is 0.435 e. The molecule has 0 saturated heterocycles. The van der Waals surface area contributed by atoms with Gasteiger partial charge in [-0.15, -0.1) is 0 Å². The van der Waals surface area contributed by atoms with Crippen LogP contribution in [0.25, 0.3) is 10.9 Å². The highest BCUT2D eigenvalue weighted by Crippen LogP contribution is 2.35. The molecule has 2 heterocycles. The molecule has 3 aromatic rings. The van der Waals surface area contributed by atoms with E-state index in [2.05, 4.69) is 15.0 Å². The first-order chi connectivity index (χ1) is 9.66. The third-order valence-corrected chi connectivity index (χ3v) is 3.36. The van der Waals surface area contributed by atoms with Crippen LogP contribution in [0.5, 0.6) is 11.6 Å². The highest BCUT2D eigenvalue weighted by molar-refractivity contribution is 6.35. The second kappa shape index (κ2) is 5.11. The minimum absolute atomic E-state index is 0.155. The van der Waals surface area contributed by atoms with Gasteiger partial charge in [-0.25, -0.2) is 4.98 Å². The van der Waals surface area contributed by atoms with Crippen molar-refractivity contribution in [1.82, 2.24) is 15.0 Å². The molecular formula is C13H8Cl2N4O. The van der Waals surface area contributed by atoms with E-state index in [0.29, 0.717) is 16.3 Å². The van der Waals surface area contributed by atoms with Gasteiger partial charge in [-0.1, -0.05) is 23.2 Å². The van der Waals surface area contributed by atoms with Crippen LogP contribution in [0.1, 0.15) is 0 Å². The van der Waals surface area contributed by atoms with Gasteiger partial charge >= 0.3 is 0 Å². The lowest BCUT2D eigenvalue weighted by Gasteiger charge is -2.09.